The summed E-state index contributed by atoms with van der Waals surface area (Å²) in [6, 6.07) is 0. The molecule has 9 heteroatoms. The molecule has 1 aromatic heterocycles. The van der Waals surface area contributed by atoms with Gasteiger partial charge in [-0.2, -0.15) is 0 Å². The third kappa shape index (κ3) is 2.70. The monoisotopic (exact) mass is 225 g/mol. The molecule has 1 aromatic rings. The maximum absolute atomic E-state index is 9.60. The van der Waals surface area contributed by atoms with Gasteiger partial charge in [-0.15, -0.1) is 0 Å². The maximum Gasteiger partial charge on any atom is 0.166 e. The van der Waals surface area contributed by atoms with Crippen LogP contribution in [0.15, 0.2) is 11.3 Å². The van der Waals surface area contributed by atoms with Crippen LogP contribution in [0.1, 0.15) is 11.8 Å². The first kappa shape index (κ1) is 12.0. The summed E-state index contributed by atoms with van der Waals surface area (Å²) in [5, 5.41) is 22.1. The van der Waals surface area contributed by atoms with E-state index < -0.39 is 12.2 Å². The van der Waals surface area contributed by atoms with E-state index in [4.69, 9.17) is 17.0 Å². The van der Waals surface area contributed by atoms with Crippen LogP contribution in [0, 0.1) is 0 Å². The molecule has 0 fully saturated rings. The van der Waals surface area contributed by atoms with Crippen molar-refractivity contribution in [3.63, 3.8) is 0 Å². The van der Waals surface area contributed by atoms with Crippen LogP contribution in [0.2, 0.25) is 0 Å². The minimum absolute atomic E-state index is 0.0347. The Morgan fingerprint density at radius 1 is 1.44 bits per heavy atom. The Bertz CT molecular complexity index is 417. The number of hydrogen-bond acceptors (Lipinski definition) is 7. The van der Waals surface area contributed by atoms with Gasteiger partial charge in [-0.25, -0.2) is 9.97 Å². The Labute approximate surface area is 90.4 Å². The van der Waals surface area contributed by atoms with Gasteiger partial charge in [0, 0.05) is 4.91 Å². The standard InChI is InChI=1S/C7H11N7O2/c8-6-7(9)13-3(1-11-6)5(16)4(15)2-12-14-10/h1,4-5,15-16H,2H2,(H2,8,11)(H2,9,13). The summed E-state index contributed by atoms with van der Waals surface area (Å²) in [6.45, 7) is -0.274. The number of nitrogen functional groups attached to an aromatic ring is 2. The lowest BCUT2D eigenvalue weighted by Gasteiger charge is -2.15. The Kier molecular flexibility index (Phi) is 3.84. The fourth-order valence-electron chi connectivity index (χ4n) is 0.987. The van der Waals surface area contributed by atoms with Gasteiger partial charge in [0.15, 0.2) is 11.6 Å². The largest absolute Gasteiger partial charge is 0.390 e. The van der Waals surface area contributed by atoms with Gasteiger partial charge in [-0.1, -0.05) is 5.11 Å². The molecule has 9 nitrogen and oxygen atoms in total. The molecule has 0 saturated heterocycles. The van der Waals surface area contributed by atoms with Crippen LogP contribution in [0.5, 0.6) is 0 Å². The smallest absolute Gasteiger partial charge is 0.166 e. The number of aliphatic hydroxyl groups excluding tert-OH is 2. The highest BCUT2D eigenvalue weighted by Gasteiger charge is 2.20. The van der Waals surface area contributed by atoms with Gasteiger partial charge in [-0.05, 0) is 5.53 Å². The van der Waals surface area contributed by atoms with Crippen LogP contribution in [0.4, 0.5) is 11.6 Å². The summed E-state index contributed by atoms with van der Waals surface area (Å²) in [7, 11) is 0. The second kappa shape index (κ2) is 5.12. The van der Waals surface area contributed by atoms with Crippen molar-refractivity contribution in [2.45, 2.75) is 12.2 Å². The summed E-state index contributed by atoms with van der Waals surface area (Å²) in [6.07, 6.45) is -1.41. The van der Waals surface area contributed by atoms with Crippen molar-refractivity contribution in [3.8, 4) is 0 Å². The zero-order valence-electron chi connectivity index (χ0n) is 8.22. The number of anilines is 2. The minimum Gasteiger partial charge on any atom is -0.390 e. The fraction of sp³-hybridized carbons (Fsp3) is 0.429. The van der Waals surface area contributed by atoms with E-state index in [0.29, 0.717) is 0 Å². The molecule has 6 N–H and O–H groups in total. The van der Waals surface area contributed by atoms with Crippen LogP contribution < -0.4 is 11.5 Å². The molecule has 0 aromatic carbocycles. The second-order valence-corrected chi connectivity index (χ2v) is 2.99. The molecule has 1 heterocycles. The van der Waals surface area contributed by atoms with Gasteiger partial charge in [0.05, 0.1) is 24.5 Å². The van der Waals surface area contributed by atoms with Gasteiger partial charge in [-0.3, -0.25) is 0 Å². The molecule has 0 radical (unpaired) electrons. The minimum atomic E-state index is -1.33. The lowest BCUT2D eigenvalue weighted by Crippen LogP contribution is -2.22. The molecule has 0 amide bonds. The summed E-state index contributed by atoms with van der Waals surface area (Å²) in [5.74, 6) is 0.00743. The average Bonchev–Trinajstić information content (AvgIpc) is 2.28. The van der Waals surface area contributed by atoms with Gasteiger partial charge in [0.2, 0.25) is 0 Å². The Morgan fingerprint density at radius 3 is 2.69 bits per heavy atom. The fourth-order valence-corrected chi connectivity index (χ4v) is 0.987. The molecule has 0 bridgehead atoms. The van der Waals surface area contributed by atoms with Gasteiger partial charge in [0.25, 0.3) is 0 Å². The first-order valence-electron chi connectivity index (χ1n) is 4.31. The normalized spacial score (nSPS) is 13.9. The van der Waals surface area contributed by atoms with E-state index in [1.165, 1.54) is 6.20 Å². The third-order valence-corrected chi connectivity index (χ3v) is 1.85. The number of rotatable bonds is 4. The highest BCUT2D eigenvalue weighted by molar-refractivity contribution is 5.51. The number of hydrogen-bond donors (Lipinski definition) is 4. The van der Waals surface area contributed by atoms with Crippen LogP contribution in [-0.2, 0) is 0 Å². The predicted octanol–water partition coefficient (Wildman–Crippen LogP) is -0.654. The van der Waals surface area contributed by atoms with E-state index in [9.17, 15) is 10.2 Å². The first-order chi connectivity index (χ1) is 7.56. The molecule has 86 valence electrons. The lowest BCUT2D eigenvalue weighted by atomic mass is 10.1. The Hall–Kier alpha value is -2.09. The van der Waals surface area contributed by atoms with Crippen molar-refractivity contribution >= 4 is 11.6 Å². The molecule has 0 aliphatic heterocycles. The molecule has 0 aliphatic rings. The maximum atomic E-state index is 9.60. The highest BCUT2D eigenvalue weighted by atomic mass is 16.3. The van der Waals surface area contributed by atoms with E-state index in [-0.39, 0.29) is 23.9 Å². The zero-order chi connectivity index (χ0) is 12.1. The summed E-state index contributed by atoms with van der Waals surface area (Å²) in [4.78, 5) is 9.88. The van der Waals surface area contributed by atoms with Crippen molar-refractivity contribution < 1.29 is 10.2 Å². The lowest BCUT2D eigenvalue weighted by molar-refractivity contribution is 0.0217. The molecule has 2 atom stereocenters. The highest BCUT2D eigenvalue weighted by Crippen LogP contribution is 2.17. The van der Waals surface area contributed by atoms with E-state index >= 15 is 0 Å². The van der Waals surface area contributed by atoms with E-state index in [2.05, 4.69) is 20.0 Å². The van der Waals surface area contributed by atoms with Crippen molar-refractivity contribution in [2.24, 2.45) is 5.11 Å². The summed E-state index contributed by atoms with van der Waals surface area (Å²) < 4.78 is 0. The quantitative estimate of drug-likeness (QED) is 0.301. The van der Waals surface area contributed by atoms with Crippen molar-refractivity contribution in [1.29, 1.82) is 0 Å². The molecular formula is C7H11N7O2. The summed E-state index contributed by atoms with van der Waals surface area (Å²) in [5.41, 5.74) is 18.8. The second-order valence-electron chi connectivity index (χ2n) is 2.99. The molecule has 0 aliphatic carbocycles. The molecule has 2 unspecified atom stereocenters. The molecule has 0 saturated carbocycles. The Balaban J connectivity index is 2.82. The SMILES string of the molecule is [N-]=[N+]=NCC(O)C(O)c1cnc(N)c(N)n1. The Morgan fingerprint density at radius 2 is 2.12 bits per heavy atom. The number of nitrogens with zero attached hydrogens (tertiary/aromatic N) is 5. The predicted molar refractivity (Wildman–Crippen MR) is 55.8 cm³/mol. The molecule has 16 heavy (non-hydrogen) atoms. The van der Waals surface area contributed by atoms with E-state index in [1.54, 1.807) is 0 Å². The van der Waals surface area contributed by atoms with Crippen molar-refractivity contribution in [3.05, 3.63) is 22.3 Å². The van der Waals surface area contributed by atoms with Crippen molar-refractivity contribution in [1.82, 2.24) is 9.97 Å². The van der Waals surface area contributed by atoms with Crippen LogP contribution in [0.25, 0.3) is 10.4 Å². The third-order valence-electron chi connectivity index (χ3n) is 1.85. The number of azide groups is 1. The molecule has 1 rings (SSSR count). The topological polar surface area (TPSA) is 167 Å². The first-order valence-corrected chi connectivity index (χ1v) is 4.31. The van der Waals surface area contributed by atoms with Crippen LogP contribution >= 0.6 is 0 Å². The molecular weight excluding hydrogens is 214 g/mol. The summed E-state index contributed by atoms with van der Waals surface area (Å²) >= 11 is 0. The van der Waals surface area contributed by atoms with Gasteiger partial charge in [0.1, 0.15) is 6.10 Å². The zero-order valence-corrected chi connectivity index (χ0v) is 8.22. The van der Waals surface area contributed by atoms with Crippen LogP contribution in [-0.4, -0.2) is 32.8 Å². The number of aliphatic hydroxyl groups is 2. The number of nitrogens with two attached hydrogens (primary N) is 2. The van der Waals surface area contributed by atoms with Gasteiger partial charge < -0.3 is 21.7 Å². The van der Waals surface area contributed by atoms with Crippen LogP contribution in [0.3, 0.4) is 0 Å². The van der Waals surface area contributed by atoms with Crippen molar-refractivity contribution in [2.75, 3.05) is 18.0 Å². The number of aromatic nitrogens is 2. The van der Waals surface area contributed by atoms with E-state index in [0.717, 1.165) is 0 Å². The van der Waals surface area contributed by atoms with Gasteiger partial charge >= 0.3 is 0 Å². The average molecular weight is 225 g/mol. The molecule has 0 spiro atoms. The van der Waals surface area contributed by atoms with E-state index in [1.807, 2.05) is 0 Å².